The highest BCUT2D eigenvalue weighted by molar-refractivity contribution is 5.98. The van der Waals surface area contributed by atoms with E-state index in [1.165, 1.54) is 6.42 Å². The SMILES string of the molecule is CCC1CCN(C(=O)c2cc3cc(Nc4nccc(-c5ccccn5)n4)ccc3[nH]2)CC1. The van der Waals surface area contributed by atoms with Crippen molar-refractivity contribution < 1.29 is 4.79 Å². The van der Waals surface area contributed by atoms with Crippen LogP contribution in [0.15, 0.2) is 60.9 Å². The molecule has 32 heavy (non-hydrogen) atoms. The first kappa shape index (κ1) is 20.2. The number of rotatable bonds is 5. The van der Waals surface area contributed by atoms with E-state index in [4.69, 9.17) is 0 Å². The van der Waals surface area contributed by atoms with E-state index in [9.17, 15) is 4.79 Å². The highest BCUT2D eigenvalue weighted by Gasteiger charge is 2.23. The van der Waals surface area contributed by atoms with Gasteiger partial charge in [0, 0.05) is 42.1 Å². The number of likely N-dealkylation sites (tertiary alicyclic amines) is 1. The van der Waals surface area contributed by atoms with Crippen molar-refractivity contribution in [2.45, 2.75) is 26.2 Å². The van der Waals surface area contributed by atoms with Crippen molar-refractivity contribution in [1.29, 1.82) is 0 Å². The number of anilines is 2. The second-order valence-corrected chi connectivity index (χ2v) is 8.23. The van der Waals surface area contributed by atoms with Crippen molar-refractivity contribution >= 4 is 28.4 Å². The summed E-state index contributed by atoms with van der Waals surface area (Å²) in [5.41, 5.74) is 3.99. The van der Waals surface area contributed by atoms with Crippen LogP contribution in [0, 0.1) is 5.92 Å². The molecular formula is C25H26N6O. The number of hydrogen-bond acceptors (Lipinski definition) is 5. The zero-order valence-electron chi connectivity index (χ0n) is 18.1. The van der Waals surface area contributed by atoms with Gasteiger partial charge < -0.3 is 15.2 Å². The first-order chi connectivity index (χ1) is 15.7. The maximum atomic E-state index is 13.0. The standard InChI is InChI=1S/C25H26N6O/c1-2-17-9-13-31(14-10-17)24(32)23-16-18-15-19(6-7-20(18)29-23)28-25-27-12-8-22(30-25)21-5-3-4-11-26-21/h3-8,11-12,15-17,29H,2,9-10,13-14H2,1H3,(H,27,28,30). The van der Waals surface area contributed by atoms with Crippen LogP contribution in [0.3, 0.4) is 0 Å². The molecular weight excluding hydrogens is 400 g/mol. The molecule has 1 saturated heterocycles. The summed E-state index contributed by atoms with van der Waals surface area (Å²) in [5, 5.41) is 4.23. The minimum atomic E-state index is 0.0802. The lowest BCUT2D eigenvalue weighted by Gasteiger charge is -2.31. The van der Waals surface area contributed by atoms with Crippen molar-refractivity contribution in [1.82, 2.24) is 24.8 Å². The molecule has 2 N–H and O–H groups in total. The second-order valence-electron chi connectivity index (χ2n) is 8.23. The number of fused-ring (bicyclic) bond motifs is 1. The number of aromatic nitrogens is 4. The number of amides is 1. The van der Waals surface area contributed by atoms with Crippen LogP contribution in [0.4, 0.5) is 11.6 Å². The maximum absolute atomic E-state index is 13.0. The Morgan fingerprint density at radius 3 is 2.72 bits per heavy atom. The molecule has 1 fully saturated rings. The summed E-state index contributed by atoms with van der Waals surface area (Å²) < 4.78 is 0. The summed E-state index contributed by atoms with van der Waals surface area (Å²) in [6.45, 7) is 3.90. The Hall–Kier alpha value is -3.74. The summed E-state index contributed by atoms with van der Waals surface area (Å²) in [5.74, 6) is 1.32. The molecule has 7 nitrogen and oxygen atoms in total. The summed E-state index contributed by atoms with van der Waals surface area (Å²) >= 11 is 0. The highest BCUT2D eigenvalue weighted by Crippen LogP contribution is 2.25. The van der Waals surface area contributed by atoms with E-state index in [1.54, 1.807) is 12.4 Å². The molecule has 0 spiro atoms. The molecule has 1 aliphatic rings. The first-order valence-electron chi connectivity index (χ1n) is 11.1. The smallest absolute Gasteiger partial charge is 0.270 e. The zero-order chi connectivity index (χ0) is 21.9. The summed E-state index contributed by atoms with van der Waals surface area (Å²) in [6, 6.07) is 15.4. The van der Waals surface area contributed by atoms with E-state index in [-0.39, 0.29) is 5.91 Å². The third-order valence-electron chi connectivity index (χ3n) is 6.17. The number of benzene rings is 1. The summed E-state index contributed by atoms with van der Waals surface area (Å²) in [6.07, 6.45) is 6.84. The summed E-state index contributed by atoms with van der Waals surface area (Å²) in [4.78, 5) is 31.5. The molecule has 0 bridgehead atoms. The monoisotopic (exact) mass is 426 g/mol. The number of hydrogen-bond donors (Lipinski definition) is 2. The Labute approximate surface area is 186 Å². The molecule has 0 atom stereocenters. The minimum Gasteiger partial charge on any atom is -0.351 e. The van der Waals surface area contributed by atoms with Gasteiger partial charge in [-0.3, -0.25) is 9.78 Å². The van der Waals surface area contributed by atoms with Gasteiger partial charge in [-0.05, 0) is 61.2 Å². The molecule has 1 aliphatic heterocycles. The third-order valence-corrected chi connectivity index (χ3v) is 6.17. The number of H-pyrrole nitrogens is 1. The molecule has 4 heterocycles. The topological polar surface area (TPSA) is 86.8 Å². The Bertz CT molecular complexity index is 1230. The van der Waals surface area contributed by atoms with Gasteiger partial charge in [0.25, 0.3) is 5.91 Å². The van der Waals surface area contributed by atoms with Gasteiger partial charge in [0.15, 0.2) is 0 Å². The lowest BCUT2D eigenvalue weighted by atomic mass is 9.94. The van der Waals surface area contributed by atoms with E-state index in [1.807, 2.05) is 53.4 Å². The number of carbonyl (C=O) groups excluding carboxylic acids is 1. The number of piperidine rings is 1. The van der Waals surface area contributed by atoms with E-state index < -0.39 is 0 Å². The zero-order valence-corrected chi connectivity index (χ0v) is 18.1. The molecule has 4 aromatic rings. The van der Waals surface area contributed by atoms with Crippen molar-refractivity contribution in [3.63, 3.8) is 0 Å². The van der Waals surface area contributed by atoms with Crippen LogP contribution < -0.4 is 5.32 Å². The molecule has 7 heteroatoms. The van der Waals surface area contributed by atoms with Crippen LogP contribution in [0.25, 0.3) is 22.3 Å². The molecule has 162 valence electrons. The van der Waals surface area contributed by atoms with Crippen LogP contribution in [0.1, 0.15) is 36.7 Å². The van der Waals surface area contributed by atoms with Gasteiger partial charge in [-0.15, -0.1) is 0 Å². The molecule has 1 aromatic carbocycles. The lowest BCUT2D eigenvalue weighted by Crippen LogP contribution is -2.38. The Morgan fingerprint density at radius 1 is 1.06 bits per heavy atom. The molecule has 1 amide bonds. The van der Waals surface area contributed by atoms with Gasteiger partial charge in [0.05, 0.1) is 11.4 Å². The normalized spacial score (nSPS) is 14.6. The van der Waals surface area contributed by atoms with E-state index in [0.717, 1.165) is 59.8 Å². The number of nitrogens with zero attached hydrogens (tertiary/aromatic N) is 4. The van der Waals surface area contributed by atoms with Gasteiger partial charge in [-0.25, -0.2) is 9.97 Å². The molecule has 0 saturated carbocycles. The van der Waals surface area contributed by atoms with Crippen LogP contribution in [-0.2, 0) is 0 Å². The van der Waals surface area contributed by atoms with Crippen LogP contribution in [0.2, 0.25) is 0 Å². The van der Waals surface area contributed by atoms with Crippen molar-refractivity contribution in [3.8, 4) is 11.4 Å². The highest BCUT2D eigenvalue weighted by atomic mass is 16.2. The molecule has 5 rings (SSSR count). The first-order valence-corrected chi connectivity index (χ1v) is 11.1. The minimum absolute atomic E-state index is 0.0802. The largest absolute Gasteiger partial charge is 0.351 e. The third kappa shape index (κ3) is 4.19. The molecule has 0 radical (unpaired) electrons. The van der Waals surface area contributed by atoms with Crippen molar-refractivity contribution in [2.24, 2.45) is 5.92 Å². The molecule has 3 aromatic heterocycles. The maximum Gasteiger partial charge on any atom is 0.270 e. The average molecular weight is 427 g/mol. The van der Waals surface area contributed by atoms with Crippen molar-refractivity contribution in [2.75, 3.05) is 18.4 Å². The van der Waals surface area contributed by atoms with Crippen LogP contribution >= 0.6 is 0 Å². The fourth-order valence-electron chi connectivity index (χ4n) is 4.25. The Kier molecular flexibility index (Phi) is 5.54. The van der Waals surface area contributed by atoms with Gasteiger partial charge in [0.1, 0.15) is 5.69 Å². The lowest BCUT2D eigenvalue weighted by molar-refractivity contribution is 0.0684. The predicted octanol–water partition coefficient (Wildman–Crippen LogP) is 5.03. The van der Waals surface area contributed by atoms with Crippen molar-refractivity contribution in [3.05, 3.63) is 66.6 Å². The second kappa shape index (κ2) is 8.78. The Morgan fingerprint density at radius 2 is 1.94 bits per heavy atom. The van der Waals surface area contributed by atoms with E-state index in [0.29, 0.717) is 11.6 Å². The van der Waals surface area contributed by atoms with Gasteiger partial charge >= 0.3 is 0 Å². The fourth-order valence-corrected chi connectivity index (χ4v) is 4.25. The fraction of sp³-hybridized carbons (Fsp3) is 0.280. The van der Waals surface area contributed by atoms with Gasteiger partial charge in [-0.1, -0.05) is 19.4 Å². The van der Waals surface area contributed by atoms with Crippen LogP contribution in [0.5, 0.6) is 0 Å². The molecule has 0 aliphatic carbocycles. The van der Waals surface area contributed by atoms with Gasteiger partial charge in [0.2, 0.25) is 5.95 Å². The Balaban J connectivity index is 1.33. The number of aromatic amines is 1. The van der Waals surface area contributed by atoms with E-state index >= 15 is 0 Å². The van der Waals surface area contributed by atoms with Gasteiger partial charge in [-0.2, -0.15) is 0 Å². The van der Waals surface area contributed by atoms with Crippen LogP contribution in [-0.4, -0.2) is 43.8 Å². The summed E-state index contributed by atoms with van der Waals surface area (Å²) in [7, 11) is 0. The number of carbonyl (C=O) groups is 1. The molecule has 0 unspecified atom stereocenters. The predicted molar refractivity (Wildman–Crippen MR) is 126 cm³/mol. The quantitative estimate of drug-likeness (QED) is 0.468. The number of nitrogens with one attached hydrogen (secondary N) is 2. The number of pyridine rings is 1. The average Bonchev–Trinajstić information content (AvgIpc) is 3.28. The van der Waals surface area contributed by atoms with E-state index in [2.05, 4.69) is 32.2 Å².